The molecule has 1 fully saturated rings. The van der Waals surface area contributed by atoms with Crippen LogP contribution in [0.5, 0.6) is 0 Å². The minimum absolute atomic E-state index is 0.0414. The Kier molecular flexibility index (Phi) is 5.57. The molecule has 3 unspecified atom stereocenters. The number of aromatic nitrogens is 3. The highest BCUT2D eigenvalue weighted by Gasteiger charge is 2.36. The molecule has 0 radical (unpaired) electrons. The molecule has 1 N–H and O–H groups in total. The summed E-state index contributed by atoms with van der Waals surface area (Å²) < 4.78 is 5.82. The Morgan fingerprint density at radius 3 is 2.48 bits per heavy atom. The number of carbonyl (C=O) groups is 1. The number of hydrogen-bond acceptors (Lipinski definition) is 4. The standard InChI is InChI=1S/C19H24BrN3O2/c1-11-9-12(2)16(13(3)10-11)25-19(24)15(20)18-21-17(22-23-18)14-7-5-4-6-8-14/h4-8,11-13,15-16H,9-10H2,1-3H3,(H,21,22,23). The van der Waals surface area contributed by atoms with Crippen molar-refractivity contribution in [3.8, 4) is 11.4 Å². The summed E-state index contributed by atoms with van der Waals surface area (Å²) in [4.78, 5) is 16.4. The molecule has 1 saturated carbocycles. The van der Waals surface area contributed by atoms with E-state index in [1.54, 1.807) is 0 Å². The van der Waals surface area contributed by atoms with Crippen molar-refractivity contribution < 1.29 is 9.53 Å². The number of nitrogens with one attached hydrogen (secondary N) is 1. The highest BCUT2D eigenvalue weighted by molar-refractivity contribution is 9.09. The molecule has 6 heteroatoms. The molecule has 0 amide bonds. The van der Waals surface area contributed by atoms with Crippen LogP contribution in [-0.2, 0) is 9.53 Å². The van der Waals surface area contributed by atoms with Gasteiger partial charge in [0.05, 0.1) is 0 Å². The smallest absolute Gasteiger partial charge is 0.327 e. The molecule has 0 spiro atoms. The molecule has 5 nitrogen and oxygen atoms in total. The quantitative estimate of drug-likeness (QED) is 0.599. The van der Waals surface area contributed by atoms with Gasteiger partial charge in [0.2, 0.25) is 0 Å². The van der Waals surface area contributed by atoms with Gasteiger partial charge in [0.1, 0.15) is 11.9 Å². The number of ether oxygens (including phenoxy) is 1. The molecule has 134 valence electrons. The SMILES string of the molecule is CC1CC(C)C(OC(=O)C(Br)c2nc(-c3ccccc3)n[nH]2)C(C)C1. The number of H-pyrrole nitrogens is 1. The van der Waals surface area contributed by atoms with Crippen LogP contribution in [0, 0.1) is 17.8 Å². The lowest BCUT2D eigenvalue weighted by Gasteiger charge is -2.37. The minimum atomic E-state index is -0.642. The molecule has 1 aliphatic rings. The highest BCUT2D eigenvalue weighted by atomic mass is 79.9. The summed E-state index contributed by atoms with van der Waals surface area (Å²) in [6, 6.07) is 9.66. The minimum Gasteiger partial charge on any atom is -0.461 e. The third-order valence-corrected chi connectivity index (χ3v) is 5.71. The first-order valence-corrected chi connectivity index (χ1v) is 9.69. The summed E-state index contributed by atoms with van der Waals surface area (Å²) in [6.07, 6.45) is 2.14. The number of halogens is 1. The van der Waals surface area contributed by atoms with E-state index < -0.39 is 4.83 Å². The molecule has 1 aromatic heterocycles. The van der Waals surface area contributed by atoms with Gasteiger partial charge in [0, 0.05) is 5.56 Å². The largest absolute Gasteiger partial charge is 0.461 e. The van der Waals surface area contributed by atoms with Gasteiger partial charge in [0.15, 0.2) is 10.7 Å². The summed E-state index contributed by atoms with van der Waals surface area (Å²) in [5.74, 6) is 2.15. The van der Waals surface area contributed by atoms with Gasteiger partial charge < -0.3 is 4.74 Å². The zero-order valence-corrected chi connectivity index (χ0v) is 16.4. The van der Waals surface area contributed by atoms with E-state index in [1.807, 2.05) is 30.3 Å². The maximum absolute atomic E-state index is 12.6. The van der Waals surface area contributed by atoms with E-state index in [2.05, 4.69) is 51.9 Å². The van der Waals surface area contributed by atoms with Crippen LogP contribution in [0.3, 0.4) is 0 Å². The van der Waals surface area contributed by atoms with E-state index in [0.29, 0.717) is 29.4 Å². The molecule has 0 bridgehead atoms. The molecule has 3 rings (SSSR count). The normalized spacial score (nSPS) is 27.7. The van der Waals surface area contributed by atoms with Crippen LogP contribution in [0.2, 0.25) is 0 Å². The summed E-state index contributed by atoms with van der Waals surface area (Å²) in [5.41, 5.74) is 0.904. The van der Waals surface area contributed by atoms with Gasteiger partial charge in [-0.1, -0.05) is 67.0 Å². The van der Waals surface area contributed by atoms with Crippen LogP contribution < -0.4 is 0 Å². The fourth-order valence-electron chi connectivity index (χ4n) is 3.84. The van der Waals surface area contributed by atoms with Gasteiger partial charge in [-0.3, -0.25) is 9.89 Å². The average molecular weight is 406 g/mol. The van der Waals surface area contributed by atoms with Crippen LogP contribution in [-0.4, -0.2) is 27.3 Å². The molecular formula is C19H24BrN3O2. The van der Waals surface area contributed by atoms with Gasteiger partial charge in [0.25, 0.3) is 0 Å². The van der Waals surface area contributed by atoms with Crippen molar-refractivity contribution in [1.82, 2.24) is 15.2 Å². The second kappa shape index (κ2) is 7.68. The van der Waals surface area contributed by atoms with Crippen molar-refractivity contribution in [3.05, 3.63) is 36.2 Å². The Labute approximate surface area is 156 Å². The Morgan fingerprint density at radius 1 is 1.20 bits per heavy atom. The number of esters is 1. The van der Waals surface area contributed by atoms with E-state index in [9.17, 15) is 4.79 Å². The highest BCUT2D eigenvalue weighted by Crippen LogP contribution is 2.36. The number of alkyl halides is 1. The first kappa shape index (κ1) is 18.1. The fourth-order valence-corrected chi connectivity index (χ4v) is 4.15. The molecule has 1 aromatic carbocycles. The van der Waals surface area contributed by atoms with Crippen LogP contribution in [0.1, 0.15) is 44.3 Å². The van der Waals surface area contributed by atoms with E-state index >= 15 is 0 Å². The van der Waals surface area contributed by atoms with Crippen LogP contribution >= 0.6 is 15.9 Å². The number of hydrogen-bond donors (Lipinski definition) is 1. The monoisotopic (exact) mass is 405 g/mol. The third kappa shape index (κ3) is 4.11. The lowest BCUT2D eigenvalue weighted by atomic mass is 9.75. The maximum atomic E-state index is 12.6. The predicted octanol–water partition coefficient (Wildman–Crippen LogP) is 4.52. The molecule has 0 aliphatic heterocycles. The number of nitrogens with zero attached hydrogens (tertiary/aromatic N) is 2. The van der Waals surface area contributed by atoms with Crippen molar-refractivity contribution in [2.45, 2.75) is 44.5 Å². The average Bonchev–Trinajstić information content (AvgIpc) is 3.08. The fraction of sp³-hybridized carbons (Fsp3) is 0.526. The number of carbonyl (C=O) groups excluding carboxylic acids is 1. The zero-order valence-electron chi connectivity index (χ0n) is 14.8. The van der Waals surface area contributed by atoms with Gasteiger partial charge in [-0.05, 0) is 30.6 Å². The second-order valence-corrected chi connectivity index (χ2v) is 8.12. The molecule has 1 heterocycles. The molecule has 1 aliphatic carbocycles. The lowest BCUT2D eigenvalue weighted by molar-refractivity contribution is -0.157. The molecule has 0 saturated heterocycles. The molecule has 25 heavy (non-hydrogen) atoms. The molecule has 3 atom stereocenters. The summed E-state index contributed by atoms with van der Waals surface area (Å²) in [7, 11) is 0. The molecule has 2 aromatic rings. The number of rotatable bonds is 4. The van der Waals surface area contributed by atoms with E-state index in [1.165, 1.54) is 0 Å². The molecular weight excluding hydrogens is 382 g/mol. The maximum Gasteiger partial charge on any atom is 0.327 e. The Morgan fingerprint density at radius 2 is 1.84 bits per heavy atom. The van der Waals surface area contributed by atoms with Crippen molar-refractivity contribution in [3.63, 3.8) is 0 Å². The zero-order chi connectivity index (χ0) is 18.0. The van der Waals surface area contributed by atoms with Gasteiger partial charge in [-0.25, -0.2) is 4.98 Å². The number of benzene rings is 1. The van der Waals surface area contributed by atoms with Crippen molar-refractivity contribution in [1.29, 1.82) is 0 Å². The van der Waals surface area contributed by atoms with E-state index in [-0.39, 0.29) is 12.1 Å². The van der Waals surface area contributed by atoms with Crippen LogP contribution in [0.15, 0.2) is 30.3 Å². The Bertz CT molecular complexity index is 706. The van der Waals surface area contributed by atoms with Crippen molar-refractivity contribution in [2.24, 2.45) is 17.8 Å². The van der Waals surface area contributed by atoms with Crippen LogP contribution in [0.25, 0.3) is 11.4 Å². The van der Waals surface area contributed by atoms with E-state index in [0.717, 1.165) is 18.4 Å². The van der Waals surface area contributed by atoms with Crippen molar-refractivity contribution in [2.75, 3.05) is 0 Å². The third-order valence-electron chi connectivity index (χ3n) is 4.90. The van der Waals surface area contributed by atoms with Crippen LogP contribution in [0.4, 0.5) is 0 Å². The Hall–Kier alpha value is -1.69. The lowest BCUT2D eigenvalue weighted by Crippen LogP contribution is -2.38. The second-order valence-electron chi connectivity index (χ2n) is 7.21. The van der Waals surface area contributed by atoms with E-state index in [4.69, 9.17) is 4.74 Å². The van der Waals surface area contributed by atoms with Gasteiger partial charge in [-0.15, -0.1) is 0 Å². The number of aromatic amines is 1. The first-order chi connectivity index (χ1) is 12.0. The Balaban J connectivity index is 1.68. The summed E-state index contributed by atoms with van der Waals surface area (Å²) >= 11 is 3.41. The van der Waals surface area contributed by atoms with Crippen molar-refractivity contribution >= 4 is 21.9 Å². The van der Waals surface area contributed by atoms with Gasteiger partial charge in [-0.2, -0.15) is 5.10 Å². The topological polar surface area (TPSA) is 67.9 Å². The summed E-state index contributed by atoms with van der Waals surface area (Å²) in [5, 5.41) is 7.05. The van der Waals surface area contributed by atoms with Gasteiger partial charge >= 0.3 is 5.97 Å². The summed E-state index contributed by atoms with van der Waals surface area (Å²) in [6.45, 7) is 6.59. The predicted molar refractivity (Wildman–Crippen MR) is 100 cm³/mol. The first-order valence-electron chi connectivity index (χ1n) is 8.78.